The minimum Gasteiger partial charge on any atom is -0.168 e. The number of thiol groups is 2. The maximum Gasteiger partial charge on any atom is 0.0409 e. The summed E-state index contributed by atoms with van der Waals surface area (Å²) < 4.78 is 0. The highest BCUT2D eigenvalue weighted by Crippen LogP contribution is 2.24. The summed E-state index contributed by atoms with van der Waals surface area (Å²) in [7, 11) is 0. The molecular formula is C8H10S4. The molecule has 0 aliphatic heterocycles. The van der Waals surface area contributed by atoms with Crippen molar-refractivity contribution in [2.75, 3.05) is 10.2 Å². The molecule has 0 N–H and O–H groups in total. The van der Waals surface area contributed by atoms with E-state index >= 15 is 0 Å². The Labute approximate surface area is 92.7 Å². The Morgan fingerprint density at radius 2 is 1.17 bits per heavy atom. The molecule has 0 bridgehead atoms. The number of benzene rings is 1. The van der Waals surface area contributed by atoms with Crippen molar-refractivity contribution in [2.45, 2.75) is 9.79 Å². The molecule has 0 amide bonds. The van der Waals surface area contributed by atoms with E-state index in [1.54, 1.807) is 23.5 Å². The predicted molar refractivity (Wildman–Crippen MR) is 65.9 cm³/mol. The summed E-state index contributed by atoms with van der Waals surface area (Å²) in [6.07, 6.45) is 0. The maximum absolute atomic E-state index is 4.14. The van der Waals surface area contributed by atoms with Crippen LogP contribution in [0.3, 0.4) is 0 Å². The Morgan fingerprint density at radius 3 is 1.42 bits per heavy atom. The number of thioether (sulfide) groups is 2. The van der Waals surface area contributed by atoms with E-state index < -0.39 is 0 Å². The van der Waals surface area contributed by atoms with E-state index in [0.717, 1.165) is 10.2 Å². The summed E-state index contributed by atoms with van der Waals surface area (Å²) in [5.74, 6) is 0. The summed E-state index contributed by atoms with van der Waals surface area (Å²) in [5, 5.41) is 1.66. The first-order valence-corrected chi connectivity index (χ1v) is 6.68. The van der Waals surface area contributed by atoms with Crippen molar-refractivity contribution in [2.24, 2.45) is 0 Å². The first kappa shape index (κ1) is 10.7. The van der Waals surface area contributed by atoms with Crippen LogP contribution in [0.5, 0.6) is 0 Å². The van der Waals surface area contributed by atoms with Crippen molar-refractivity contribution in [3.63, 3.8) is 0 Å². The quantitative estimate of drug-likeness (QED) is 0.464. The van der Waals surface area contributed by atoms with Crippen LogP contribution < -0.4 is 0 Å². The second kappa shape index (κ2) is 6.13. The molecule has 1 aromatic rings. The zero-order valence-corrected chi connectivity index (χ0v) is 9.86. The second-order valence-electron chi connectivity index (χ2n) is 2.02. The number of hydrogen-bond acceptors (Lipinski definition) is 4. The molecule has 0 saturated carbocycles. The van der Waals surface area contributed by atoms with Gasteiger partial charge in [0.15, 0.2) is 0 Å². The van der Waals surface area contributed by atoms with Gasteiger partial charge in [-0.25, -0.2) is 0 Å². The SMILES string of the molecule is SCSc1ccc(SCS)cc1. The molecule has 0 fully saturated rings. The average Bonchev–Trinajstić information content (AvgIpc) is 2.09. The molecule has 0 radical (unpaired) electrons. The van der Waals surface area contributed by atoms with Crippen molar-refractivity contribution < 1.29 is 0 Å². The molecule has 12 heavy (non-hydrogen) atoms. The molecule has 66 valence electrons. The maximum atomic E-state index is 4.14. The largest absolute Gasteiger partial charge is 0.168 e. The molecule has 0 spiro atoms. The van der Waals surface area contributed by atoms with Crippen LogP contribution in [0.2, 0.25) is 0 Å². The van der Waals surface area contributed by atoms with E-state index in [9.17, 15) is 0 Å². The third kappa shape index (κ3) is 3.56. The van der Waals surface area contributed by atoms with E-state index in [1.807, 2.05) is 0 Å². The van der Waals surface area contributed by atoms with Crippen LogP contribution in [0.15, 0.2) is 34.1 Å². The van der Waals surface area contributed by atoms with E-state index in [1.165, 1.54) is 9.79 Å². The molecule has 0 atom stereocenters. The van der Waals surface area contributed by atoms with Gasteiger partial charge in [0.05, 0.1) is 0 Å². The van der Waals surface area contributed by atoms with E-state index in [4.69, 9.17) is 0 Å². The topological polar surface area (TPSA) is 0 Å². The van der Waals surface area contributed by atoms with Crippen LogP contribution >= 0.6 is 48.8 Å². The Morgan fingerprint density at radius 1 is 0.833 bits per heavy atom. The molecule has 0 aliphatic rings. The highest BCUT2D eigenvalue weighted by Gasteiger charge is 1.93. The molecule has 0 aliphatic carbocycles. The summed E-state index contributed by atoms with van der Waals surface area (Å²) in [5.41, 5.74) is 0. The Hall–Kier alpha value is 0.620. The molecule has 0 unspecified atom stereocenters. The van der Waals surface area contributed by atoms with Gasteiger partial charge in [-0.1, -0.05) is 0 Å². The Bertz CT molecular complexity index is 194. The first-order valence-electron chi connectivity index (χ1n) is 3.44. The lowest BCUT2D eigenvalue weighted by Gasteiger charge is -2.00. The van der Waals surface area contributed by atoms with Crippen LogP contribution in [0, 0.1) is 0 Å². The van der Waals surface area contributed by atoms with Crippen LogP contribution in [-0.4, -0.2) is 10.2 Å². The first-order chi connectivity index (χ1) is 5.86. The fourth-order valence-corrected chi connectivity index (χ4v) is 2.63. The van der Waals surface area contributed by atoms with Crippen molar-refractivity contribution in [1.29, 1.82) is 0 Å². The molecule has 0 aromatic heterocycles. The summed E-state index contributed by atoms with van der Waals surface area (Å²) >= 11 is 11.8. The zero-order chi connectivity index (χ0) is 8.81. The highest BCUT2D eigenvalue weighted by atomic mass is 32.2. The molecule has 0 saturated heterocycles. The molecule has 0 heterocycles. The second-order valence-corrected chi connectivity index (χ2v) is 5.60. The summed E-state index contributed by atoms with van der Waals surface area (Å²) in [6, 6.07) is 8.47. The highest BCUT2D eigenvalue weighted by molar-refractivity contribution is 8.09. The number of rotatable bonds is 4. The predicted octanol–water partition coefficient (Wildman–Crippen LogP) is 3.65. The molecule has 4 heteroatoms. The van der Waals surface area contributed by atoms with Crippen LogP contribution in [-0.2, 0) is 0 Å². The van der Waals surface area contributed by atoms with Gasteiger partial charge in [-0.2, -0.15) is 25.3 Å². The lowest BCUT2D eigenvalue weighted by Crippen LogP contribution is -1.73. The fourth-order valence-electron chi connectivity index (χ4n) is 0.781. The summed E-state index contributed by atoms with van der Waals surface area (Å²) in [4.78, 5) is 2.54. The smallest absolute Gasteiger partial charge is 0.0409 e. The molecule has 1 rings (SSSR count). The van der Waals surface area contributed by atoms with E-state index in [-0.39, 0.29) is 0 Å². The lowest BCUT2D eigenvalue weighted by atomic mass is 10.4. The van der Waals surface area contributed by atoms with Gasteiger partial charge in [0, 0.05) is 20.0 Å². The van der Waals surface area contributed by atoms with Gasteiger partial charge in [0.25, 0.3) is 0 Å². The van der Waals surface area contributed by atoms with Gasteiger partial charge < -0.3 is 0 Å². The van der Waals surface area contributed by atoms with Crippen LogP contribution in [0.25, 0.3) is 0 Å². The fraction of sp³-hybridized carbons (Fsp3) is 0.250. The van der Waals surface area contributed by atoms with Gasteiger partial charge in [-0.15, -0.1) is 23.5 Å². The van der Waals surface area contributed by atoms with Gasteiger partial charge in [0.1, 0.15) is 0 Å². The monoisotopic (exact) mass is 234 g/mol. The van der Waals surface area contributed by atoms with Crippen LogP contribution in [0.1, 0.15) is 0 Å². The van der Waals surface area contributed by atoms with Crippen molar-refractivity contribution in [3.05, 3.63) is 24.3 Å². The van der Waals surface area contributed by atoms with E-state index in [2.05, 4.69) is 49.5 Å². The van der Waals surface area contributed by atoms with Gasteiger partial charge >= 0.3 is 0 Å². The normalized spacial score (nSPS) is 10.2. The average molecular weight is 234 g/mol. The van der Waals surface area contributed by atoms with E-state index in [0.29, 0.717) is 0 Å². The minimum atomic E-state index is 0.832. The van der Waals surface area contributed by atoms with Gasteiger partial charge in [-0.3, -0.25) is 0 Å². The van der Waals surface area contributed by atoms with Crippen molar-refractivity contribution >= 4 is 48.8 Å². The lowest BCUT2D eigenvalue weighted by molar-refractivity contribution is 1.36. The third-order valence-corrected chi connectivity index (χ3v) is 3.53. The molecular weight excluding hydrogens is 224 g/mol. The summed E-state index contributed by atoms with van der Waals surface area (Å²) in [6.45, 7) is 0. The van der Waals surface area contributed by atoms with Gasteiger partial charge in [0.2, 0.25) is 0 Å². The van der Waals surface area contributed by atoms with Gasteiger partial charge in [-0.05, 0) is 24.3 Å². The van der Waals surface area contributed by atoms with Crippen LogP contribution in [0.4, 0.5) is 0 Å². The molecule has 1 aromatic carbocycles. The van der Waals surface area contributed by atoms with Crippen molar-refractivity contribution in [3.8, 4) is 0 Å². The number of hydrogen-bond donors (Lipinski definition) is 2. The van der Waals surface area contributed by atoms with Crippen molar-refractivity contribution in [1.82, 2.24) is 0 Å². The molecule has 0 nitrogen and oxygen atoms in total. The zero-order valence-electron chi connectivity index (χ0n) is 6.43. The Balaban J connectivity index is 2.58. The standard InChI is InChI=1S/C8H10S4/c9-5-11-7-1-2-8(4-3-7)12-6-10/h1-4,9-10H,5-6H2. The minimum absolute atomic E-state index is 0.832. The Kier molecular flexibility index (Phi) is 5.47. The third-order valence-electron chi connectivity index (χ3n) is 1.29.